The molecule has 0 atom stereocenters. The molecular weight excluding hydrogens is 312 g/mol. The first kappa shape index (κ1) is 13.5. The predicted molar refractivity (Wildman–Crippen MR) is 78.7 cm³/mol. The molecular formula is C14H14BrClN2. The molecule has 18 heavy (non-hydrogen) atoms. The van der Waals surface area contributed by atoms with E-state index in [1.807, 2.05) is 37.4 Å². The molecule has 0 fully saturated rings. The van der Waals surface area contributed by atoms with Crippen molar-refractivity contribution >= 4 is 27.5 Å². The number of aryl methyl sites for hydroxylation is 1. The van der Waals surface area contributed by atoms with Crippen LogP contribution < -0.4 is 5.32 Å². The van der Waals surface area contributed by atoms with E-state index >= 15 is 0 Å². The summed E-state index contributed by atoms with van der Waals surface area (Å²) in [6.45, 7) is 3.61. The van der Waals surface area contributed by atoms with Crippen molar-refractivity contribution in [2.24, 2.45) is 0 Å². The maximum atomic E-state index is 5.95. The number of benzene rings is 1. The van der Waals surface area contributed by atoms with E-state index in [-0.39, 0.29) is 0 Å². The molecule has 2 aromatic rings. The Kier molecular flexibility index (Phi) is 4.75. The first-order chi connectivity index (χ1) is 8.65. The Bertz CT molecular complexity index is 526. The highest BCUT2D eigenvalue weighted by Gasteiger charge is 1.99. The van der Waals surface area contributed by atoms with Crippen LogP contribution >= 0.6 is 27.5 Å². The van der Waals surface area contributed by atoms with E-state index in [2.05, 4.69) is 32.3 Å². The largest absolute Gasteiger partial charge is 0.309 e. The van der Waals surface area contributed by atoms with Crippen LogP contribution in [0.4, 0.5) is 0 Å². The van der Waals surface area contributed by atoms with Crippen molar-refractivity contribution in [1.82, 2.24) is 10.3 Å². The van der Waals surface area contributed by atoms with Crippen molar-refractivity contribution in [2.75, 3.05) is 0 Å². The molecule has 4 heteroatoms. The van der Waals surface area contributed by atoms with Crippen molar-refractivity contribution in [3.05, 3.63) is 62.8 Å². The fraction of sp³-hybridized carbons (Fsp3) is 0.214. The second-order valence-corrected chi connectivity index (χ2v) is 5.42. The zero-order valence-corrected chi connectivity index (χ0v) is 12.4. The minimum atomic E-state index is 0.737. The molecule has 2 nitrogen and oxygen atoms in total. The number of halogens is 2. The molecule has 0 saturated carbocycles. The average Bonchev–Trinajstić information content (AvgIpc) is 2.36. The number of nitrogens with zero attached hydrogens (tertiary/aromatic N) is 1. The summed E-state index contributed by atoms with van der Waals surface area (Å²) in [5.41, 5.74) is 3.43. The average molecular weight is 326 g/mol. The van der Waals surface area contributed by atoms with E-state index in [0.717, 1.165) is 28.3 Å². The van der Waals surface area contributed by atoms with Gasteiger partial charge in [0, 0.05) is 29.5 Å². The van der Waals surface area contributed by atoms with Crippen molar-refractivity contribution in [3.63, 3.8) is 0 Å². The van der Waals surface area contributed by atoms with Crippen LogP contribution in [0.3, 0.4) is 0 Å². The Morgan fingerprint density at radius 3 is 2.56 bits per heavy atom. The molecule has 0 unspecified atom stereocenters. The van der Waals surface area contributed by atoms with Crippen LogP contribution in [0.25, 0.3) is 0 Å². The minimum absolute atomic E-state index is 0.737. The number of nitrogens with one attached hydrogen (secondary N) is 1. The monoisotopic (exact) mass is 324 g/mol. The highest BCUT2D eigenvalue weighted by Crippen LogP contribution is 2.23. The molecule has 2 rings (SSSR count). The van der Waals surface area contributed by atoms with E-state index < -0.39 is 0 Å². The van der Waals surface area contributed by atoms with Gasteiger partial charge in [0.05, 0.1) is 5.02 Å². The number of rotatable bonds is 4. The molecule has 0 saturated heterocycles. The lowest BCUT2D eigenvalue weighted by molar-refractivity contribution is 0.691. The van der Waals surface area contributed by atoms with Crippen molar-refractivity contribution in [2.45, 2.75) is 20.0 Å². The third-order valence-corrected chi connectivity index (χ3v) is 3.83. The first-order valence-corrected chi connectivity index (χ1v) is 6.88. The van der Waals surface area contributed by atoms with Gasteiger partial charge in [0.15, 0.2) is 0 Å². The quantitative estimate of drug-likeness (QED) is 0.915. The van der Waals surface area contributed by atoms with Crippen LogP contribution in [-0.4, -0.2) is 4.98 Å². The summed E-state index contributed by atoms with van der Waals surface area (Å²) in [6, 6.07) is 10.1. The van der Waals surface area contributed by atoms with Gasteiger partial charge in [-0.25, -0.2) is 0 Å². The fourth-order valence-corrected chi connectivity index (χ4v) is 2.15. The minimum Gasteiger partial charge on any atom is -0.309 e. The number of hydrogen-bond acceptors (Lipinski definition) is 2. The molecule has 0 bridgehead atoms. The highest BCUT2D eigenvalue weighted by molar-refractivity contribution is 9.10. The van der Waals surface area contributed by atoms with Gasteiger partial charge in [-0.1, -0.05) is 23.7 Å². The molecule has 0 radical (unpaired) electrons. The van der Waals surface area contributed by atoms with Crippen molar-refractivity contribution < 1.29 is 0 Å². The van der Waals surface area contributed by atoms with Gasteiger partial charge >= 0.3 is 0 Å². The lowest BCUT2D eigenvalue weighted by atomic mass is 10.2. The van der Waals surface area contributed by atoms with Crippen LogP contribution in [-0.2, 0) is 13.1 Å². The second-order valence-electron chi connectivity index (χ2n) is 4.16. The van der Waals surface area contributed by atoms with Crippen molar-refractivity contribution in [1.29, 1.82) is 0 Å². The van der Waals surface area contributed by atoms with E-state index in [4.69, 9.17) is 11.6 Å². The van der Waals surface area contributed by atoms with Crippen LogP contribution in [0.2, 0.25) is 5.02 Å². The topological polar surface area (TPSA) is 24.9 Å². The molecule has 1 heterocycles. The van der Waals surface area contributed by atoms with Crippen LogP contribution in [0.5, 0.6) is 0 Å². The van der Waals surface area contributed by atoms with E-state index in [1.165, 1.54) is 11.1 Å². The smallest absolute Gasteiger partial charge is 0.0548 e. The Morgan fingerprint density at radius 2 is 1.89 bits per heavy atom. The lowest BCUT2D eigenvalue weighted by Gasteiger charge is -2.06. The zero-order chi connectivity index (χ0) is 13.0. The van der Waals surface area contributed by atoms with Gasteiger partial charge < -0.3 is 5.32 Å². The van der Waals surface area contributed by atoms with Gasteiger partial charge in [-0.05, 0) is 52.2 Å². The molecule has 94 valence electrons. The summed E-state index contributed by atoms with van der Waals surface area (Å²) in [5, 5.41) is 4.12. The Labute approximate surface area is 121 Å². The fourth-order valence-electron chi connectivity index (χ4n) is 1.60. The molecule has 0 aliphatic rings. The van der Waals surface area contributed by atoms with Gasteiger partial charge in [0.25, 0.3) is 0 Å². The molecule has 1 N–H and O–H groups in total. The maximum Gasteiger partial charge on any atom is 0.0548 e. The lowest BCUT2D eigenvalue weighted by Crippen LogP contribution is -2.12. The van der Waals surface area contributed by atoms with E-state index in [1.54, 1.807) is 0 Å². The Balaban J connectivity index is 1.88. The third-order valence-electron chi connectivity index (χ3n) is 2.61. The first-order valence-electron chi connectivity index (χ1n) is 5.71. The summed E-state index contributed by atoms with van der Waals surface area (Å²) in [6.07, 6.45) is 1.90. The van der Waals surface area contributed by atoms with Gasteiger partial charge in [-0.15, -0.1) is 0 Å². The van der Waals surface area contributed by atoms with Gasteiger partial charge in [0.2, 0.25) is 0 Å². The van der Waals surface area contributed by atoms with Gasteiger partial charge in [-0.2, -0.15) is 0 Å². The molecule has 0 aliphatic carbocycles. The molecule has 0 aliphatic heterocycles. The second kappa shape index (κ2) is 6.32. The summed E-state index contributed by atoms with van der Waals surface area (Å²) < 4.78 is 0.931. The highest BCUT2D eigenvalue weighted by atomic mass is 79.9. The summed E-state index contributed by atoms with van der Waals surface area (Å²) in [5.74, 6) is 0. The number of pyridine rings is 1. The van der Waals surface area contributed by atoms with Crippen LogP contribution in [0.1, 0.15) is 16.8 Å². The van der Waals surface area contributed by atoms with Gasteiger partial charge in [0.1, 0.15) is 0 Å². The molecule has 0 amide bonds. The standard InChI is InChI=1S/C14H14BrClN2/c1-10-2-3-12(9-18-10)8-17-7-11-4-5-14(16)13(15)6-11/h2-6,9,17H,7-8H2,1H3. The molecule has 1 aromatic heterocycles. The zero-order valence-electron chi connectivity index (χ0n) is 10.1. The van der Waals surface area contributed by atoms with Gasteiger partial charge in [-0.3, -0.25) is 4.98 Å². The van der Waals surface area contributed by atoms with E-state index in [9.17, 15) is 0 Å². The summed E-state index contributed by atoms with van der Waals surface area (Å²) >= 11 is 9.37. The summed E-state index contributed by atoms with van der Waals surface area (Å²) in [4.78, 5) is 4.27. The Hall–Kier alpha value is -0.900. The van der Waals surface area contributed by atoms with Crippen molar-refractivity contribution in [3.8, 4) is 0 Å². The normalized spacial score (nSPS) is 10.6. The van der Waals surface area contributed by atoms with E-state index in [0.29, 0.717) is 0 Å². The third kappa shape index (κ3) is 3.80. The SMILES string of the molecule is Cc1ccc(CNCc2ccc(Cl)c(Br)c2)cn1. The maximum absolute atomic E-state index is 5.95. The molecule has 1 aromatic carbocycles. The van der Waals surface area contributed by atoms with Crippen LogP contribution in [0.15, 0.2) is 41.0 Å². The van der Waals surface area contributed by atoms with Crippen LogP contribution in [0, 0.1) is 6.92 Å². The summed E-state index contributed by atoms with van der Waals surface area (Å²) in [7, 11) is 0. The predicted octanol–water partition coefficient (Wildman–Crippen LogP) is 4.10. The Morgan fingerprint density at radius 1 is 1.17 bits per heavy atom. The number of aromatic nitrogens is 1. The number of hydrogen-bond donors (Lipinski definition) is 1. The molecule has 0 spiro atoms.